The van der Waals surface area contributed by atoms with Crippen LogP contribution < -0.4 is 5.73 Å². The van der Waals surface area contributed by atoms with Crippen LogP contribution in [-0.4, -0.2) is 0 Å². The summed E-state index contributed by atoms with van der Waals surface area (Å²) in [5.74, 6) is 0. The normalized spacial score (nSPS) is 16.5. The van der Waals surface area contributed by atoms with Crippen LogP contribution in [0.5, 0.6) is 0 Å². The monoisotopic (exact) mass is 189 g/mol. The van der Waals surface area contributed by atoms with E-state index >= 15 is 0 Å². The first-order valence-corrected chi connectivity index (χ1v) is 5.48. The molecule has 1 heteroatoms. The standard InChI is InChI=1S/C13H19N/c1-13(2,14)12-8-7-10-5-3-4-6-11(10)9-12/h7-9H,3-6,14H2,1-2H3. The first-order valence-electron chi connectivity index (χ1n) is 5.48. The summed E-state index contributed by atoms with van der Waals surface area (Å²) >= 11 is 0. The summed E-state index contributed by atoms with van der Waals surface area (Å²) in [5, 5.41) is 0. The van der Waals surface area contributed by atoms with E-state index in [1.54, 1.807) is 0 Å². The fourth-order valence-electron chi connectivity index (χ4n) is 2.13. The lowest BCUT2D eigenvalue weighted by atomic mass is 9.86. The van der Waals surface area contributed by atoms with Gasteiger partial charge in [0.15, 0.2) is 0 Å². The minimum Gasteiger partial charge on any atom is -0.322 e. The SMILES string of the molecule is CC(C)(N)c1ccc2c(c1)CCCC2. The molecule has 0 fully saturated rings. The summed E-state index contributed by atoms with van der Waals surface area (Å²) in [6.07, 6.45) is 5.17. The molecule has 0 aliphatic heterocycles. The molecular weight excluding hydrogens is 170 g/mol. The van der Waals surface area contributed by atoms with Gasteiger partial charge < -0.3 is 5.73 Å². The van der Waals surface area contributed by atoms with Gasteiger partial charge in [0.05, 0.1) is 0 Å². The molecule has 0 radical (unpaired) electrons. The molecule has 1 aliphatic rings. The highest BCUT2D eigenvalue weighted by atomic mass is 14.7. The molecule has 2 rings (SSSR count). The molecule has 76 valence electrons. The molecule has 0 bridgehead atoms. The van der Waals surface area contributed by atoms with Gasteiger partial charge in [0, 0.05) is 5.54 Å². The maximum Gasteiger partial charge on any atom is 0.0352 e. The number of hydrogen-bond donors (Lipinski definition) is 1. The molecule has 14 heavy (non-hydrogen) atoms. The van der Waals surface area contributed by atoms with Crippen molar-refractivity contribution in [1.82, 2.24) is 0 Å². The number of fused-ring (bicyclic) bond motifs is 1. The average Bonchev–Trinajstić information content (AvgIpc) is 2.16. The summed E-state index contributed by atoms with van der Waals surface area (Å²) in [7, 11) is 0. The summed E-state index contributed by atoms with van der Waals surface area (Å²) < 4.78 is 0. The Balaban J connectivity index is 2.39. The molecule has 1 aliphatic carbocycles. The number of benzene rings is 1. The van der Waals surface area contributed by atoms with E-state index in [1.807, 2.05) is 0 Å². The lowest BCUT2D eigenvalue weighted by molar-refractivity contribution is 0.551. The summed E-state index contributed by atoms with van der Waals surface area (Å²) in [6.45, 7) is 4.13. The average molecular weight is 189 g/mol. The van der Waals surface area contributed by atoms with E-state index in [1.165, 1.54) is 42.4 Å². The van der Waals surface area contributed by atoms with Crippen molar-refractivity contribution < 1.29 is 0 Å². The van der Waals surface area contributed by atoms with Gasteiger partial charge in [0.25, 0.3) is 0 Å². The number of nitrogens with two attached hydrogens (primary N) is 1. The predicted octanol–water partition coefficient (Wildman–Crippen LogP) is 2.76. The highest BCUT2D eigenvalue weighted by Crippen LogP contribution is 2.25. The topological polar surface area (TPSA) is 26.0 Å². The molecule has 0 saturated carbocycles. The Bertz CT molecular complexity index is 334. The Morgan fingerprint density at radius 1 is 1.07 bits per heavy atom. The number of aryl methyl sites for hydroxylation is 2. The van der Waals surface area contributed by atoms with Crippen LogP contribution in [0, 0.1) is 0 Å². The smallest absolute Gasteiger partial charge is 0.0352 e. The molecule has 0 unspecified atom stereocenters. The molecule has 0 amide bonds. The van der Waals surface area contributed by atoms with Crippen molar-refractivity contribution in [3.05, 3.63) is 34.9 Å². The molecule has 0 saturated heterocycles. The molecule has 0 spiro atoms. The molecule has 1 nitrogen and oxygen atoms in total. The van der Waals surface area contributed by atoms with Crippen LogP contribution in [0.15, 0.2) is 18.2 Å². The van der Waals surface area contributed by atoms with Crippen molar-refractivity contribution in [2.24, 2.45) is 5.73 Å². The second-order valence-electron chi connectivity index (χ2n) is 4.91. The van der Waals surface area contributed by atoms with E-state index in [9.17, 15) is 0 Å². The van der Waals surface area contributed by atoms with E-state index in [2.05, 4.69) is 32.0 Å². The van der Waals surface area contributed by atoms with Crippen LogP contribution >= 0.6 is 0 Å². The molecule has 0 aromatic heterocycles. The third-order valence-electron chi connectivity index (χ3n) is 3.09. The molecule has 1 aromatic rings. The number of hydrogen-bond acceptors (Lipinski definition) is 1. The van der Waals surface area contributed by atoms with Crippen LogP contribution in [-0.2, 0) is 18.4 Å². The van der Waals surface area contributed by atoms with Crippen LogP contribution in [0.3, 0.4) is 0 Å². The maximum absolute atomic E-state index is 6.09. The fraction of sp³-hybridized carbons (Fsp3) is 0.538. The molecular formula is C13H19N. The second kappa shape index (κ2) is 3.39. The van der Waals surface area contributed by atoms with E-state index in [4.69, 9.17) is 5.73 Å². The zero-order chi connectivity index (χ0) is 10.2. The first-order chi connectivity index (χ1) is 6.57. The van der Waals surface area contributed by atoms with Crippen LogP contribution in [0.4, 0.5) is 0 Å². The predicted molar refractivity (Wildman–Crippen MR) is 60.3 cm³/mol. The van der Waals surface area contributed by atoms with Gasteiger partial charge >= 0.3 is 0 Å². The molecule has 2 N–H and O–H groups in total. The molecule has 0 atom stereocenters. The van der Waals surface area contributed by atoms with Gasteiger partial charge in [-0.25, -0.2) is 0 Å². The Labute approximate surface area is 86.3 Å². The van der Waals surface area contributed by atoms with Gasteiger partial charge in [0.1, 0.15) is 0 Å². The third-order valence-corrected chi connectivity index (χ3v) is 3.09. The van der Waals surface area contributed by atoms with Crippen LogP contribution in [0.1, 0.15) is 43.4 Å². The minimum absolute atomic E-state index is 0.202. The van der Waals surface area contributed by atoms with E-state index < -0.39 is 0 Å². The van der Waals surface area contributed by atoms with E-state index in [0.29, 0.717) is 0 Å². The first kappa shape index (κ1) is 9.72. The van der Waals surface area contributed by atoms with E-state index in [0.717, 1.165) is 0 Å². The fourth-order valence-corrected chi connectivity index (χ4v) is 2.13. The van der Waals surface area contributed by atoms with Crippen molar-refractivity contribution in [3.8, 4) is 0 Å². The quantitative estimate of drug-likeness (QED) is 0.722. The minimum atomic E-state index is -0.202. The van der Waals surface area contributed by atoms with Gasteiger partial charge in [-0.3, -0.25) is 0 Å². The van der Waals surface area contributed by atoms with Crippen molar-refractivity contribution in [1.29, 1.82) is 0 Å². The Hall–Kier alpha value is -0.820. The highest BCUT2D eigenvalue weighted by molar-refractivity contribution is 5.36. The third kappa shape index (κ3) is 1.83. The lowest BCUT2D eigenvalue weighted by Gasteiger charge is -2.23. The van der Waals surface area contributed by atoms with Gasteiger partial charge in [-0.05, 0) is 56.2 Å². The lowest BCUT2D eigenvalue weighted by Crippen LogP contribution is -2.28. The highest BCUT2D eigenvalue weighted by Gasteiger charge is 2.16. The zero-order valence-corrected chi connectivity index (χ0v) is 9.14. The number of rotatable bonds is 1. The second-order valence-corrected chi connectivity index (χ2v) is 4.91. The Kier molecular flexibility index (Phi) is 2.36. The Morgan fingerprint density at radius 3 is 2.36 bits per heavy atom. The summed E-state index contributed by atoms with van der Waals surface area (Å²) in [5.41, 5.74) is 10.2. The summed E-state index contributed by atoms with van der Waals surface area (Å²) in [4.78, 5) is 0. The van der Waals surface area contributed by atoms with Crippen LogP contribution in [0.2, 0.25) is 0 Å². The zero-order valence-electron chi connectivity index (χ0n) is 9.14. The van der Waals surface area contributed by atoms with Crippen molar-refractivity contribution in [2.45, 2.75) is 45.1 Å². The van der Waals surface area contributed by atoms with Crippen molar-refractivity contribution in [3.63, 3.8) is 0 Å². The Morgan fingerprint density at radius 2 is 1.71 bits per heavy atom. The van der Waals surface area contributed by atoms with Gasteiger partial charge in [-0.1, -0.05) is 18.2 Å². The van der Waals surface area contributed by atoms with Gasteiger partial charge in [0.2, 0.25) is 0 Å². The van der Waals surface area contributed by atoms with Crippen molar-refractivity contribution >= 4 is 0 Å². The summed E-state index contributed by atoms with van der Waals surface area (Å²) in [6, 6.07) is 6.75. The van der Waals surface area contributed by atoms with Crippen LogP contribution in [0.25, 0.3) is 0 Å². The van der Waals surface area contributed by atoms with Gasteiger partial charge in [-0.15, -0.1) is 0 Å². The largest absolute Gasteiger partial charge is 0.322 e. The molecule has 0 heterocycles. The molecule has 1 aromatic carbocycles. The van der Waals surface area contributed by atoms with E-state index in [-0.39, 0.29) is 5.54 Å². The maximum atomic E-state index is 6.09. The van der Waals surface area contributed by atoms with Gasteiger partial charge in [-0.2, -0.15) is 0 Å². The van der Waals surface area contributed by atoms with Crippen molar-refractivity contribution in [2.75, 3.05) is 0 Å².